The van der Waals surface area contributed by atoms with Crippen LogP contribution in [0.3, 0.4) is 0 Å². The molecule has 0 aromatic heterocycles. The maximum atomic E-state index is 10.2. The average Bonchev–Trinajstić information content (AvgIpc) is 2.18. The van der Waals surface area contributed by atoms with E-state index in [-0.39, 0.29) is 0 Å². The van der Waals surface area contributed by atoms with Crippen LogP contribution in [-0.2, 0) is 4.79 Å². The molecule has 15 heavy (non-hydrogen) atoms. The van der Waals surface area contributed by atoms with Gasteiger partial charge in [0.2, 0.25) is 0 Å². The van der Waals surface area contributed by atoms with Crippen molar-refractivity contribution in [3.63, 3.8) is 0 Å². The molecule has 0 radical (unpaired) electrons. The Morgan fingerprint density at radius 2 is 2.07 bits per heavy atom. The van der Waals surface area contributed by atoms with Gasteiger partial charge in [-0.1, -0.05) is 38.3 Å². The lowest BCUT2D eigenvalue weighted by Gasteiger charge is -2.08. The Balaban J connectivity index is 3.70. The Labute approximate surface area is 93.4 Å². The van der Waals surface area contributed by atoms with Crippen LogP contribution in [0.2, 0.25) is 0 Å². The molecule has 0 amide bonds. The van der Waals surface area contributed by atoms with Gasteiger partial charge in [-0.25, -0.2) is 0 Å². The van der Waals surface area contributed by atoms with Crippen molar-refractivity contribution in [2.75, 3.05) is 0 Å². The van der Waals surface area contributed by atoms with Crippen LogP contribution in [0.25, 0.3) is 0 Å². The van der Waals surface area contributed by atoms with Crippen LogP contribution in [0.15, 0.2) is 11.6 Å². The summed E-state index contributed by atoms with van der Waals surface area (Å²) >= 11 is 0. The molecule has 2 heteroatoms. The molecule has 0 aliphatic heterocycles. The summed E-state index contributed by atoms with van der Waals surface area (Å²) in [7, 11) is 0. The molecule has 0 rings (SSSR count). The van der Waals surface area contributed by atoms with Crippen molar-refractivity contribution in [3.05, 3.63) is 11.6 Å². The van der Waals surface area contributed by atoms with E-state index in [4.69, 9.17) is 5.11 Å². The van der Waals surface area contributed by atoms with Gasteiger partial charge in [0.05, 0.1) is 0 Å². The average molecular weight is 212 g/mol. The molecule has 0 saturated carbocycles. The van der Waals surface area contributed by atoms with Crippen LogP contribution in [0, 0.1) is 5.92 Å². The fraction of sp³-hybridized carbons (Fsp3) is 0.769. The smallest absolute Gasteiger partial charge is 0.148 e. The molecular formula is C13H24O2. The molecule has 0 saturated heterocycles. The van der Waals surface area contributed by atoms with Gasteiger partial charge in [0, 0.05) is 6.42 Å². The lowest BCUT2D eigenvalue weighted by Crippen LogP contribution is -2.07. The number of aldehydes is 1. The van der Waals surface area contributed by atoms with Gasteiger partial charge in [0.1, 0.15) is 12.4 Å². The molecule has 88 valence electrons. The van der Waals surface area contributed by atoms with Gasteiger partial charge >= 0.3 is 0 Å². The second-order valence-electron chi connectivity index (χ2n) is 4.43. The van der Waals surface area contributed by atoms with Crippen LogP contribution in [0.5, 0.6) is 0 Å². The number of hydrogen-bond acceptors (Lipinski definition) is 2. The number of rotatable bonds is 8. The summed E-state index contributed by atoms with van der Waals surface area (Å²) in [5.74, 6) is 0.773. The standard InChI is InChI=1S/C13H24O2/c1-4-6-11(2)7-5-8-12(3)9-13(15)10-14/h8,10-11,13,15H,4-7,9H2,1-3H3/b12-8+. The summed E-state index contributed by atoms with van der Waals surface area (Å²) in [6.45, 7) is 6.45. The molecule has 0 fully saturated rings. The molecule has 0 aromatic rings. The van der Waals surface area contributed by atoms with E-state index in [2.05, 4.69) is 19.9 Å². The summed E-state index contributed by atoms with van der Waals surface area (Å²) in [6, 6.07) is 0. The molecule has 1 N–H and O–H groups in total. The Morgan fingerprint density at radius 3 is 2.60 bits per heavy atom. The summed E-state index contributed by atoms with van der Waals surface area (Å²) < 4.78 is 0. The zero-order valence-corrected chi connectivity index (χ0v) is 10.2. The Hall–Kier alpha value is -0.630. The minimum atomic E-state index is -0.825. The number of carbonyl (C=O) groups excluding carboxylic acids is 1. The molecule has 0 bridgehead atoms. The number of hydrogen-bond donors (Lipinski definition) is 1. The first-order valence-corrected chi connectivity index (χ1v) is 5.89. The summed E-state index contributed by atoms with van der Waals surface area (Å²) in [5, 5.41) is 9.11. The normalized spacial score (nSPS) is 16.1. The van der Waals surface area contributed by atoms with Crippen LogP contribution in [-0.4, -0.2) is 17.5 Å². The number of aliphatic hydroxyl groups excluding tert-OH is 1. The van der Waals surface area contributed by atoms with Gasteiger partial charge < -0.3 is 9.90 Å². The van der Waals surface area contributed by atoms with Crippen molar-refractivity contribution in [2.24, 2.45) is 5.92 Å². The molecule has 2 unspecified atom stereocenters. The predicted molar refractivity (Wildman–Crippen MR) is 63.8 cm³/mol. The second-order valence-corrected chi connectivity index (χ2v) is 4.43. The van der Waals surface area contributed by atoms with E-state index in [0.717, 1.165) is 17.9 Å². The molecule has 0 aliphatic carbocycles. The van der Waals surface area contributed by atoms with E-state index in [1.807, 2.05) is 6.92 Å². The third kappa shape index (κ3) is 8.37. The van der Waals surface area contributed by atoms with Crippen molar-refractivity contribution >= 4 is 6.29 Å². The van der Waals surface area contributed by atoms with Gasteiger partial charge in [-0.2, -0.15) is 0 Å². The fourth-order valence-electron chi connectivity index (χ4n) is 1.71. The van der Waals surface area contributed by atoms with Gasteiger partial charge in [-0.05, 0) is 25.7 Å². The van der Waals surface area contributed by atoms with Crippen molar-refractivity contribution in [3.8, 4) is 0 Å². The van der Waals surface area contributed by atoms with Gasteiger partial charge in [0.25, 0.3) is 0 Å². The first-order chi connectivity index (χ1) is 7.10. The topological polar surface area (TPSA) is 37.3 Å². The highest BCUT2D eigenvalue weighted by Gasteiger charge is 2.02. The van der Waals surface area contributed by atoms with Crippen molar-refractivity contribution < 1.29 is 9.90 Å². The molecule has 0 heterocycles. The minimum absolute atomic E-state index is 0.478. The van der Waals surface area contributed by atoms with Gasteiger partial charge in [-0.15, -0.1) is 0 Å². The van der Waals surface area contributed by atoms with E-state index >= 15 is 0 Å². The summed E-state index contributed by atoms with van der Waals surface area (Å²) in [4.78, 5) is 10.2. The van der Waals surface area contributed by atoms with E-state index in [1.54, 1.807) is 0 Å². The first-order valence-electron chi connectivity index (χ1n) is 5.89. The third-order valence-electron chi connectivity index (χ3n) is 2.62. The van der Waals surface area contributed by atoms with Crippen molar-refractivity contribution in [1.29, 1.82) is 0 Å². The van der Waals surface area contributed by atoms with Crippen LogP contribution in [0.1, 0.15) is 52.9 Å². The summed E-state index contributed by atoms with van der Waals surface area (Å²) in [5.41, 5.74) is 1.11. The monoisotopic (exact) mass is 212 g/mol. The van der Waals surface area contributed by atoms with Crippen LogP contribution in [0.4, 0.5) is 0 Å². The lowest BCUT2D eigenvalue weighted by molar-refractivity contribution is -0.114. The van der Waals surface area contributed by atoms with E-state index in [0.29, 0.717) is 12.7 Å². The second kappa shape index (κ2) is 8.66. The third-order valence-corrected chi connectivity index (χ3v) is 2.62. The van der Waals surface area contributed by atoms with Gasteiger partial charge in [0.15, 0.2) is 0 Å². The largest absolute Gasteiger partial charge is 0.385 e. The Morgan fingerprint density at radius 1 is 1.40 bits per heavy atom. The zero-order valence-electron chi connectivity index (χ0n) is 10.2. The van der Waals surface area contributed by atoms with Gasteiger partial charge in [-0.3, -0.25) is 0 Å². The van der Waals surface area contributed by atoms with Crippen molar-refractivity contribution in [1.82, 2.24) is 0 Å². The highest BCUT2D eigenvalue weighted by Crippen LogP contribution is 2.14. The summed E-state index contributed by atoms with van der Waals surface area (Å²) in [6.07, 6.45) is 7.16. The molecule has 2 atom stereocenters. The quantitative estimate of drug-likeness (QED) is 0.496. The molecule has 0 spiro atoms. The SMILES string of the molecule is CCCC(C)CC/C=C(\C)CC(O)C=O. The van der Waals surface area contributed by atoms with E-state index in [1.165, 1.54) is 19.3 Å². The maximum absolute atomic E-state index is 10.2. The fourth-order valence-corrected chi connectivity index (χ4v) is 1.71. The highest BCUT2D eigenvalue weighted by atomic mass is 16.3. The molecule has 0 aromatic carbocycles. The molecule has 2 nitrogen and oxygen atoms in total. The maximum Gasteiger partial charge on any atom is 0.148 e. The first kappa shape index (κ1) is 14.4. The van der Waals surface area contributed by atoms with E-state index in [9.17, 15) is 4.79 Å². The van der Waals surface area contributed by atoms with Crippen LogP contribution < -0.4 is 0 Å². The molecular weight excluding hydrogens is 188 g/mol. The number of carbonyl (C=O) groups is 1. The lowest BCUT2D eigenvalue weighted by atomic mass is 9.99. The predicted octanol–water partition coefficient (Wildman–Crippen LogP) is 3.10. The zero-order chi connectivity index (χ0) is 11.7. The number of aliphatic hydroxyl groups is 1. The van der Waals surface area contributed by atoms with Crippen molar-refractivity contribution in [2.45, 2.75) is 59.0 Å². The Kier molecular flexibility index (Phi) is 8.30. The highest BCUT2D eigenvalue weighted by molar-refractivity contribution is 5.56. The minimum Gasteiger partial charge on any atom is -0.385 e. The number of allylic oxidation sites excluding steroid dienone is 1. The van der Waals surface area contributed by atoms with Crippen LogP contribution >= 0.6 is 0 Å². The molecule has 0 aliphatic rings. The van der Waals surface area contributed by atoms with E-state index < -0.39 is 6.10 Å². The Bertz CT molecular complexity index is 197.